The summed E-state index contributed by atoms with van der Waals surface area (Å²) in [5.74, 6) is 0.190. The van der Waals surface area contributed by atoms with Gasteiger partial charge in [-0.05, 0) is 54.6 Å². The van der Waals surface area contributed by atoms with Gasteiger partial charge < -0.3 is 14.7 Å². The highest BCUT2D eigenvalue weighted by Gasteiger charge is 2.14. The lowest BCUT2D eigenvalue weighted by Crippen LogP contribution is -2.11. The summed E-state index contributed by atoms with van der Waals surface area (Å²) in [6.45, 7) is 0. The number of benzene rings is 2. The molecule has 0 aliphatic rings. The van der Waals surface area contributed by atoms with E-state index in [0.717, 1.165) is 9.86 Å². The zero-order valence-corrected chi connectivity index (χ0v) is 16.9. The number of fused-ring (bicyclic) bond motifs is 3. The largest absolute Gasteiger partial charge is 0.449 e. The van der Waals surface area contributed by atoms with Gasteiger partial charge in [0.05, 0.1) is 0 Å². The van der Waals surface area contributed by atoms with Crippen molar-refractivity contribution in [1.82, 2.24) is 15.0 Å². The second kappa shape index (κ2) is 7.23. The highest BCUT2D eigenvalue weighted by Crippen LogP contribution is 2.29. The van der Waals surface area contributed by atoms with Gasteiger partial charge in [0.2, 0.25) is 5.58 Å². The maximum atomic E-state index is 12.5. The van der Waals surface area contributed by atoms with Gasteiger partial charge in [-0.15, -0.1) is 0 Å². The number of aromatic amines is 1. The number of carbonyl (C=O) groups excluding carboxylic acids is 1. The molecule has 7 nitrogen and oxygen atoms in total. The van der Waals surface area contributed by atoms with Gasteiger partial charge in [-0.1, -0.05) is 15.9 Å². The molecule has 0 spiro atoms. The van der Waals surface area contributed by atoms with Crippen molar-refractivity contribution in [2.45, 2.75) is 0 Å². The van der Waals surface area contributed by atoms with Gasteiger partial charge in [0.25, 0.3) is 11.5 Å². The van der Waals surface area contributed by atoms with Gasteiger partial charge in [-0.3, -0.25) is 14.6 Å². The molecule has 2 aromatic carbocycles. The maximum Gasteiger partial charge on any atom is 0.294 e. The molecule has 8 heteroatoms. The molecule has 0 saturated heterocycles. The fraction of sp³-hybridized carbons (Fsp3) is 0. The molecule has 5 aromatic rings. The molecule has 3 aromatic heterocycles. The fourth-order valence-corrected chi connectivity index (χ4v) is 3.54. The molecule has 30 heavy (non-hydrogen) atoms. The summed E-state index contributed by atoms with van der Waals surface area (Å²) in [4.78, 5) is 36.1. The molecule has 0 saturated carbocycles. The lowest BCUT2D eigenvalue weighted by atomic mass is 10.1. The van der Waals surface area contributed by atoms with Crippen molar-refractivity contribution in [2.75, 3.05) is 5.32 Å². The summed E-state index contributed by atoms with van der Waals surface area (Å²) in [7, 11) is 0. The van der Waals surface area contributed by atoms with Crippen molar-refractivity contribution in [3.63, 3.8) is 0 Å². The highest BCUT2D eigenvalue weighted by molar-refractivity contribution is 9.10. The van der Waals surface area contributed by atoms with Gasteiger partial charge in [0.1, 0.15) is 16.9 Å². The van der Waals surface area contributed by atoms with Gasteiger partial charge in [-0.2, -0.15) is 0 Å². The Labute approximate surface area is 177 Å². The normalized spacial score (nSPS) is 11.1. The number of anilines is 1. The van der Waals surface area contributed by atoms with E-state index in [1.165, 1.54) is 0 Å². The number of carbonyl (C=O) groups is 1. The van der Waals surface area contributed by atoms with Crippen molar-refractivity contribution < 1.29 is 9.21 Å². The zero-order chi connectivity index (χ0) is 20.7. The molecular formula is C22H13BrN4O3. The smallest absolute Gasteiger partial charge is 0.294 e. The van der Waals surface area contributed by atoms with Gasteiger partial charge in [0, 0.05) is 39.1 Å². The first kappa shape index (κ1) is 18.3. The summed E-state index contributed by atoms with van der Waals surface area (Å²) in [5.41, 5.74) is 2.79. The standard InChI is InChI=1S/C22H13BrN4O3/c23-14-3-6-17-16(11-14)18-19(30-17)22(29)27-20(26-18)12-1-4-15(5-2-12)25-21(28)13-7-9-24-10-8-13/h1-11H,(H,25,28)(H,26,27,29). The molecule has 0 aliphatic carbocycles. The predicted octanol–water partition coefficient (Wildman–Crippen LogP) is 4.75. The molecule has 3 heterocycles. The van der Waals surface area contributed by atoms with E-state index in [9.17, 15) is 9.59 Å². The number of rotatable bonds is 3. The Kier molecular flexibility index (Phi) is 4.40. The second-order valence-electron chi connectivity index (χ2n) is 6.60. The van der Waals surface area contributed by atoms with Gasteiger partial charge >= 0.3 is 0 Å². The topological polar surface area (TPSA) is 101 Å². The van der Waals surface area contributed by atoms with E-state index in [1.807, 2.05) is 12.1 Å². The number of nitrogens with one attached hydrogen (secondary N) is 2. The number of hydrogen-bond acceptors (Lipinski definition) is 5. The third-order valence-electron chi connectivity index (χ3n) is 4.64. The molecule has 0 fully saturated rings. The summed E-state index contributed by atoms with van der Waals surface area (Å²) < 4.78 is 6.53. The van der Waals surface area contributed by atoms with Crippen LogP contribution in [0, 0.1) is 0 Å². The van der Waals surface area contributed by atoms with E-state index in [4.69, 9.17) is 4.42 Å². The van der Waals surface area contributed by atoms with Crippen molar-refractivity contribution in [3.8, 4) is 11.4 Å². The Balaban J connectivity index is 1.49. The van der Waals surface area contributed by atoms with Crippen molar-refractivity contribution >= 4 is 49.6 Å². The van der Waals surface area contributed by atoms with Crippen LogP contribution in [0.1, 0.15) is 10.4 Å². The zero-order valence-electron chi connectivity index (χ0n) is 15.3. The van der Waals surface area contributed by atoms with E-state index in [2.05, 4.69) is 36.2 Å². The Morgan fingerprint density at radius 1 is 1.03 bits per heavy atom. The number of halogens is 1. The third-order valence-corrected chi connectivity index (χ3v) is 5.14. The first-order chi connectivity index (χ1) is 14.6. The molecule has 0 bridgehead atoms. The molecule has 1 amide bonds. The van der Waals surface area contributed by atoms with Crippen LogP contribution in [0.5, 0.6) is 0 Å². The van der Waals surface area contributed by atoms with Crippen LogP contribution in [-0.2, 0) is 0 Å². The van der Waals surface area contributed by atoms with Crippen LogP contribution in [0.25, 0.3) is 33.5 Å². The minimum Gasteiger partial charge on any atom is -0.449 e. The van der Waals surface area contributed by atoms with Crippen molar-refractivity contribution in [2.24, 2.45) is 0 Å². The third kappa shape index (κ3) is 3.27. The first-order valence-corrected chi connectivity index (χ1v) is 9.82. The minimum atomic E-state index is -0.350. The SMILES string of the molecule is O=C(Nc1ccc(-c2nc3c(oc4ccc(Br)cc43)c(=O)[nH]2)cc1)c1ccncc1. The Bertz CT molecular complexity index is 1460. The molecule has 2 N–H and O–H groups in total. The lowest BCUT2D eigenvalue weighted by Gasteiger charge is -2.06. The Morgan fingerprint density at radius 2 is 1.80 bits per heavy atom. The molecular weight excluding hydrogens is 448 g/mol. The van der Waals surface area contributed by atoms with E-state index in [0.29, 0.717) is 33.7 Å². The summed E-state index contributed by atoms with van der Waals surface area (Å²) in [5, 5.41) is 3.58. The minimum absolute atomic E-state index is 0.188. The molecule has 0 unspecified atom stereocenters. The number of pyridine rings is 1. The molecule has 5 rings (SSSR count). The van der Waals surface area contributed by atoms with Crippen LogP contribution >= 0.6 is 15.9 Å². The summed E-state index contributed by atoms with van der Waals surface area (Å²) in [6, 6.07) is 15.9. The average molecular weight is 461 g/mol. The van der Waals surface area contributed by atoms with Crippen LogP contribution in [0.15, 0.2) is 80.7 Å². The number of aromatic nitrogens is 3. The molecule has 0 aliphatic heterocycles. The maximum absolute atomic E-state index is 12.5. The summed E-state index contributed by atoms with van der Waals surface area (Å²) in [6.07, 6.45) is 3.13. The number of furan rings is 1. The van der Waals surface area contributed by atoms with E-state index in [-0.39, 0.29) is 17.0 Å². The molecule has 146 valence electrons. The second-order valence-corrected chi connectivity index (χ2v) is 7.52. The predicted molar refractivity (Wildman–Crippen MR) is 117 cm³/mol. The number of nitrogens with zero attached hydrogens (tertiary/aromatic N) is 2. The number of H-pyrrole nitrogens is 1. The van der Waals surface area contributed by atoms with E-state index in [1.54, 1.807) is 54.9 Å². The van der Waals surface area contributed by atoms with Crippen molar-refractivity contribution in [3.05, 3.63) is 87.4 Å². The van der Waals surface area contributed by atoms with E-state index >= 15 is 0 Å². The highest BCUT2D eigenvalue weighted by atomic mass is 79.9. The Morgan fingerprint density at radius 3 is 2.57 bits per heavy atom. The van der Waals surface area contributed by atoms with Crippen LogP contribution in [0.4, 0.5) is 5.69 Å². The molecule has 0 radical (unpaired) electrons. The average Bonchev–Trinajstić information content (AvgIpc) is 3.13. The molecule has 0 atom stereocenters. The van der Waals surface area contributed by atoms with Gasteiger partial charge in [-0.25, -0.2) is 4.98 Å². The number of hydrogen-bond donors (Lipinski definition) is 2. The van der Waals surface area contributed by atoms with Crippen molar-refractivity contribution in [1.29, 1.82) is 0 Å². The quantitative estimate of drug-likeness (QED) is 0.404. The van der Waals surface area contributed by atoms with Crippen LogP contribution < -0.4 is 10.9 Å². The van der Waals surface area contributed by atoms with E-state index < -0.39 is 0 Å². The van der Waals surface area contributed by atoms with Crippen LogP contribution in [0.3, 0.4) is 0 Å². The summed E-state index contributed by atoms with van der Waals surface area (Å²) >= 11 is 3.44. The fourth-order valence-electron chi connectivity index (χ4n) is 3.18. The Hall–Kier alpha value is -3.78. The van der Waals surface area contributed by atoms with Crippen LogP contribution in [-0.4, -0.2) is 20.9 Å². The number of amides is 1. The van der Waals surface area contributed by atoms with Crippen LogP contribution in [0.2, 0.25) is 0 Å². The van der Waals surface area contributed by atoms with Gasteiger partial charge in [0.15, 0.2) is 0 Å². The lowest BCUT2D eigenvalue weighted by molar-refractivity contribution is 0.102. The first-order valence-electron chi connectivity index (χ1n) is 9.02. The monoisotopic (exact) mass is 460 g/mol.